The fraction of sp³-hybridized carbons (Fsp3) is 0.462. The van der Waals surface area contributed by atoms with Crippen LogP contribution in [0.5, 0.6) is 0 Å². The molecule has 1 fully saturated rings. The van der Waals surface area contributed by atoms with Crippen molar-refractivity contribution in [3.05, 3.63) is 23.2 Å². The second-order valence-electron chi connectivity index (χ2n) is 4.77. The molecule has 1 heterocycles. The quantitative estimate of drug-likeness (QED) is 0.846. The maximum Gasteiger partial charge on any atom is 0.201 e. The maximum absolute atomic E-state index is 6.00. The van der Waals surface area contributed by atoms with Gasteiger partial charge in [0.05, 0.1) is 17.6 Å². The van der Waals surface area contributed by atoms with Crippen LogP contribution >= 0.6 is 11.6 Å². The third-order valence-electron chi connectivity index (χ3n) is 3.25. The largest absolute Gasteiger partial charge is 0.379 e. The number of hydrogen-bond acceptors (Lipinski definition) is 3. The molecule has 1 aliphatic rings. The van der Waals surface area contributed by atoms with Gasteiger partial charge in [-0.2, -0.15) is 0 Å². The Morgan fingerprint density at radius 3 is 3.06 bits per heavy atom. The van der Waals surface area contributed by atoms with E-state index in [2.05, 4.69) is 4.98 Å². The van der Waals surface area contributed by atoms with Gasteiger partial charge in [0.2, 0.25) is 5.95 Å². The Balaban J connectivity index is 1.72. The molecule has 1 saturated carbocycles. The first kappa shape index (κ1) is 11.8. The fourth-order valence-electron chi connectivity index (χ4n) is 2.04. The minimum absolute atomic E-state index is 0.516. The normalized spacial score (nSPS) is 15.4. The summed E-state index contributed by atoms with van der Waals surface area (Å²) in [6.07, 6.45) is 2.62. The third-order valence-corrected chi connectivity index (χ3v) is 3.48. The van der Waals surface area contributed by atoms with Crippen molar-refractivity contribution in [2.75, 3.05) is 18.9 Å². The van der Waals surface area contributed by atoms with E-state index in [1.807, 2.05) is 22.8 Å². The third kappa shape index (κ3) is 2.44. The second kappa shape index (κ2) is 4.78. The Hall–Kier alpha value is -1.26. The SMILES string of the molecule is Nc1nc2ccc(Cl)cc2n1CCOCC1CC1. The van der Waals surface area contributed by atoms with E-state index in [4.69, 9.17) is 22.1 Å². The van der Waals surface area contributed by atoms with Crippen LogP contribution in [-0.4, -0.2) is 22.8 Å². The van der Waals surface area contributed by atoms with Crippen molar-refractivity contribution in [2.24, 2.45) is 5.92 Å². The lowest BCUT2D eigenvalue weighted by molar-refractivity contribution is 0.118. The van der Waals surface area contributed by atoms with Crippen LogP contribution in [-0.2, 0) is 11.3 Å². The van der Waals surface area contributed by atoms with Gasteiger partial charge < -0.3 is 15.0 Å². The summed E-state index contributed by atoms with van der Waals surface area (Å²) in [5, 5.41) is 0.697. The van der Waals surface area contributed by atoms with E-state index < -0.39 is 0 Å². The van der Waals surface area contributed by atoms with Crippen molar-refractivity contribution in [3.8, 4) is 0 Å². The van der Waals surface area contributed by atoms with Crippen LogP contribution in [0, 0.1) is 5.92 Å². The van der Waals surface area contributed by atoms with Gasteiger partial charge in [0.15, 0.2) is 0 Å². The molecule has 2 aromatic rings. The molecular weight excluding hydrogens is 250 g/mol. The molecule has 2 N–H and O–H groups in total. The number of aromatic nitrogens is 2. The van der Waals surface area contributed by atoms with Crippen LogP contribution in [0.3, 0.4) is 0 Å². The average Bonchev–Trinajstić information content (AvgIpc) is 3.11. The van der Waals surface area contributed by atoms with E-state index in [0.29, 0.717) is 17.6 Å². The number of nitrogens with zero attached hydrogens (tertiary/aromatic N) is 2. The molecule has 96 valence electrons. The average molecular weight is 266 g/mol. The molecule has 1 aliphatic carbocycles. The zero-order valence-electron chi connectivity index (χ0n) is 10.1. The molecule has 3 rings (SSSR count). The smallest absolute Gasteiger partial charge is 0.201 e. The molecule has 1 aromatic carbocycles. The lowest BCUT2D eigenvalue weighted by Crippen LogP contribution is -2.10. The molecule has 0 radical (unpaired) electrons. The molecule has 0 amide bonds. The summed E-state index contributed by atoms with van der Waals surface area (Å²) < 4.78 is 7.58. The fourth-order valence-corrected chi connectivity index (χ4v) is 2.21. The summed E-state index contributed by atoms with van der Waals surface area (Å²) in [6, 6.07) is 5.60. The Kier molecular flexibility index (Phi) is 3.14. The predicted molar refractivity (Wildman–Crippen MR) is 72.7 cm³/mol. The monoisotopic (exact) mass is 265 g/mol. The zero-order chi connectivity index (χ0) is 12.5. The van der Waals surface area contributed by atoms with Gasteiger partial charge in [-0.15, -0.1) is 0 Å². The van der Waals surface area contributed by atoms with Gasteiger partial charge in [0.25, 0.3) is 0 Å². The molecule has 5 heteroatoms. The lowest BCUT2D eigenvalue weighted by Gasteiger charge is -2.07. The number of nitrogen functional groups attached to an aromatic ring is 1. The summed E-state index contributed by atoms with van der Waals surface area (Å²) in [7, 11) is 0. The van der Waals surface area contributed by atoms with Crippen molar-refractivity contribution >= 4 is 28.6 Å². The molecule has 0 atom stereocenters. The molecule has 0 unspecified atom stereocenters. The van der Waals surface area contributed by atoms with Crippen LogP contribution < -0.4 is 5.73 Å². The molecule has 0 aliphatic heterocycles. The summed E-state index contributed by atoms with van der Waals surface area (Å²) in [5.41, 5.74) is 7.75. The van der Waals surface area contributed by atoms with E-state index in [1.54, 1.807) is 0 Å². The van der Waals surface area contributed by atoms with Crippen molar-refractivity contribution in [1.82, 2.24) is 9.55 Å². The topological polar surface area (TPSA) is 53.1 Å². The van der Waals surface area contributed by atoms with E-state index >= 15 is 0 Å². The molecular formula is C13H16ClN3O. The van der Waals surface area contributed by atoms with Crippen LogP contribution in [0.1, 0.15) is 12.8 Å². The summed E-state index contributed by atoms with van der Waals surface area (Å²) >= 11 is 6.00. The van der Waals surface area contributed by atoms with Gasteiger partial charge in [-0.05, 0) is 37.0 Å². The van der Waals surface area contributed by atoms with Crippen LogP contribution in [0.15, 0.2) is 18.2 Å². The number of rotatable bonds is 5. The summed E-state index contributed by atoms with van der Waals surface area (Å²) in [5.74, 6) is 1.30. The van der Waals surface area contributed by atoms with Crippen molar-refractivity contribution < 1.29 is 4.74 Å². The van der Waals surface area contributed by atoms with Crippen molar-refractivity contribution in [2.45, 2.75) is 19.4 Å². The lowest BCUT2D eigenvalue weighted by atomic mass is 10.3. The van der Waals surface area contributed by atoms with E-state index in [9.17, 15) is 0 Å². The number of benzene rings is 1. The van der Waals surface area contributed by atoms with Crippen molar-refractivity contribution in [3.63, 3.8) is 0 Å². The minimum atomic E-state index is 0.516. The highest BCUT2D eigenvalue weighted by Crippen LogP contribution is 2.28. The number of anilines is 1. The highest BCUT2D eigenvalue weighted by atomic mass is 35.5. The molecule has 0 saturated heterocycles. The number of ether oxygens (including phenoxy) is 1. The van der Waals surface area contributed by atoms with E-state index in [0.717, 1.165) is 30.1 Å². The Labute approximate surface area is 111 Å². The number of halogens is 1. The standard InChI is InChI=1S/C13H16ClN3O/c14-10-3-4-11-12(7-10)17(13(15)16-11)5-6-18-8-9-1-2-9/h3-4,7,9H,1-2,5-6,8H2,(H2,15,16). The maximum atomic E-state index is 6.00. The summed E-state index contributed by atoms with van der Waals surface area (Å²) in [4.78, 5) is 4.31. The minimum Gasteiger partial charge on any atom is -0.379 e. The first-order valence-corrected chi connectivity index (χ1v) is 6.61. The number of imidazole rings is 1. The molecule has 18 heavy (non-hydrogen) atoms. The zero-order valence-corrected chi connectivity index (χ0v) is 10.9. The van der Waals surface area contributed by atoms with Gasteiger partial charge in [0.1, 0.15) is 0 Å². The molecule has 0 spiro atoms. The highest BCUT2D eigenvalue weighted by Gasteiger charge is 2.21. The van der Waals surface area contributed by atoms with E-state index in [-0.39, 0.29) is 0 Å². The van der Waals surface area contributed by atoms with Crippen LogP contribution in [0.25, 0.3) is 11.0 Å². The van der Waals surface area contributed by atoms with Crippen LogP contribution in [0.2, 0.25) is 5.02 Å². The highest BCUT2D eigenvalue weighted by molar-refractivity contribution is 6.31. The van der Waals surface area contributed by atoms with Crippen molar-refractivity contribution in [1.29, 1.82) is 0 Å². The number of hydrogen-bond donors (Lipinski definition) is 1. The summed E-state index contributed by atoms with van der Waals surface area (Å²) in [6.45, 7) is 2.25. The van der Waals surface area contributed by atoms with Gasteiger partial charge >= 0.3 is 0 Å². The molecule has 4 nitrogen and oxygen atoms in total. The number of fused-ring (bicyclic) bond motifs is 1. The van der Waals surface area contributed by atoms with Crippen LogP contribution in [0.4, 0.5) is 5.95 Å². The second-order valence-corrected chi connectivity index (χ2v) is 5.21. The first-order chi connectivity index (χ1) is 8.74. The van der Waals surface area contributed by atoms with Gasteiger partial charge in [0, 0.05) is 18.2 Å². The van der Waals surface area contributed by atoms with Gasteiger partial charge in [-0.1, -0.05) is 11.6 Å². The van der Waals surface area contributed by atoms with E-state index in [1.165, 1.54) is 12.8 Å². The number of nitrogens with two attached hydrogens (primary N) is 1. The Bertz CT molecular complexity index is 563. The van der Waals surface area contributed by atoms with Gasteiger partial charge in [-0.25, -0.2) is 4.98 Å². The Morgan fingerprint density at radius 2 is 2.28 bits per heavy atom. The first-order valence-electron chi connectivity index (χ1n) is 6.23. The Morgan fingerprint density at radius 1 is 1.44 bits per heavy atom. The molecule has 1 aromatic heterocycles. The van der Waals surface area contributed by atoms with Gasteiger partial charge in [-0.3, -0.25) is 0 Å². The molecule has 0 bridgehead atoms. The predicted octanol–water partition coefficient (Wildman–Crippen LogP) is 2.70.